The van der Waals surface area contributed by atoms with Gasteiger partial charge in [-0.1, -0.05) is 0 Å². The van der Waals surface area contributed by atoms with Gasteiger partial charge in [0.15, 0.2) is 11.5 Å². The molecule has 1 aromatic rings. The predicted molar refractivity (Wildman–Crippen MR) is 89.4 cm³/mol. The molecule has 0 amide bonds. The van der Waals surface area contributed by atoms with Gasteiger partial charge >= 0.3 is 5.97 Å². The van der Waals surface area contributed by atoms with Crippen molar-refractivity contribution in [2.75, 3.05) is 46.6 Å². The van der Waals surface area contributed by atoms with Crippen LogP contribution in [0, 0.1) is 0 Å². The molecular weight excluding hydrogens is 366 g/mol. The lowest BCUT2D eigenvalue weighted by Crippen LogP contribution is -2.38. The van der Waals surface area contributed by atoms with Gasteiger partial charge in [-0.05, 0) is 40.0 Å². The second-order valence-corrected chi connectivity index (χ2v) is 6.16. The summed E-state index contributed by atoms with van der Waals surface area (Å²) in [6.45, 7) is 4.78. The highest BCUT2D eigenvalue weighted by Crippen LogP contribution is 2.37. The van der Waals surface area contributed by atoms with Crippen LogP contribution in [0.1, 0.15) is 12.0 Å². The fraction of sp³-hybridized carbons (Fsp3) is 0.562. The van der Waals surface area contributed by atoms with Crippen molar-refractivity contribution in [3.05, 3.63) is 22.2 Å². The van der Waals surface area contributed by atoms with Gasteiger partial charge in [0.05, 0.1) is 24.8 Å². The molecule has 2 rings (SSSR count). The van der Waals surface area contributed by atoms with E-state index in [1.807, 2.05) is 12.1 Å². The summed E-state index contributed by atoms with van der Waals surface area (Å²) < 4.78 is 17.3. The van der Waals surface area contributed by atoms with Crippen molar-refractivity contribution in [2.24, 2.45) is 0 Å². The molecule has 0 bridgehead atoms. The third kappa shape index (κ3) is 5.67. The van der Waals surface area contributed by atoms with Crippen LogP contribution in [0.15, 0.2) is 16.6 Å². The minimum absolute atomic E-state index is 0.0901. The zero-order valence-corrected chi connectivity index (χ0v) is 14.8. The first-order chi connectivity index (χ1) is 11.1. The van der Waals surface area contributed by atoms with E-state index >= 15 is 0 Å². The van der Waals surface area contributed by atoms with E-state index in [2.05, 4.69) is 20.8 Å². The molecule has 0 aliphatic carbocycles. The van der Waals surface area contributed by atoms with Crippen LogP contribution in [0.25, 0.3) is 0 Å². The Morgan fingerprint density at radius 3 is 2.78 bits per heavy atom. The molecule has 23 heavy (non-hydrogen) atoms. The van der Waals surface area contributed by atoms with E-state index in [1.165, 1.54) is 0 Å². The van der Waals surface area contributed by atoms with Crippen LogP contribution < -0.4 is 9.47 Å². The molecule has 1 saturated heterocycles. The van der Waals surface area contributed by atoms with Gasteiger partial charge < -0.3 is 19.3 Å². The molecule has 0 aromatic heterocycles. The number of hydrogen-bond donors (Lipinski definition) is 1. The number of ether oxygens (including phenoxy) is 3. The van der Waals surface area contributed by atoms with Gasteiger partial charge in [-0.3, -0.25) is 9.69 Å². The first kappa shape index (κ1) is 18.0. The molecule has 1 N–H and O–H groups in total. The predicted octanol–water partition coefficient (Wildman–Crippen LogP) is 2.19. The second-order valence-electron chi connectivity index (χ2n) is 5.31. The van der Waals surface area contributed by atoms with Crippen molar-refractivity contribution < 1.29 is 24.1 Å². The second kappa shape index (κ2) is 9.10. The molecule has 128 valence electrons. The normalized spacial score (nSPS) is 15.4. The number of halogens is 1. The number of methoxy groups -OCH3 is 1. The summed E-state index contributed by atoms with van der Waals surface area (Å²) in [6, 6.07) is 3.72. The Kier molecular flexibility index (Phi) is 7.14. The van der Waals surface area contributed by atoms with Crippen molar-refractivity contribution in [1.82, 2.24) is 4.90 Å². The Bertz CT molecular complexity index is 531. The van der Waals surface area contributed by atoms with Crippen LogP contribution in [-0.4, -0.2) is 62.5 Å². The lowest BCUT2D eigenvalue weighted by atomic mass is 10.1. The molecule has 1 aliphatic heterocycles. The zero-order valence-electron chi connectivity index (χ0n) is 13.2. The summed E-state index contributed by atoms with van der Waals surface area (Å²) in [5.74, 6) is 0.451. The molecule has 1 heterocycles. The summed E-state index contributed by atoms with van der Waals surface area (Å²) in [4.78, 5) is 13.0. The minimum Gasteiger partial charge on any atom is -0.493 e. The standard InChI is InChI=1S/C16H22BrNO5/c1-21-14-11-12(2-3-15(19)20)10-13(17)16(14)23-9-6-18-4-7-22-8-5-18/h10-11H,2-9H2,1H3,(H,19,20). The number of nitrogens with zero attached hydrogens (tertiary/aromatic N) is 1. The van der Waals surface area contributed by atoms with Crippen molar-refractivity contribution in [3.63, 3.8) is 0 Å². The largest absolute Gasteiger partial charge is 0.493 e. The Labute approximate surface area is 144 Å². The van der Waals surface area contributed by atoms with Gasteiger partial charge in [0.1, 0.15) is 6.61 Å². The molecule has 1 fully saturated rings. The molecule has 0 atom stereocenters. The Hall–Kier alpha value is -1.31. The monoisotopic (exact) mass is 387 g/mol. The lowest BCUT2D eigenvalue weighted by Gasteiger charge is -2.26. The van der Waals surface area contributed by atoms with Gasteiger partial charge in [0, 0.05) is 26.1 Å². The Morgan fingerprint density at radius 2 is 2.13 bits per heavy atom. The fourth-order valence-corrected chi connectivity index (χ4v) is 3.01. The van der Waals surface area contributed by atoms with Crippen LogP contribution in [0.4, 0.5) is 0 Å². The quantitative estimate of drug-likeness (QED) is 0.737. The van der Waals surface area contributed by atoms with Crippen LogP contribution in [-0.2, 0) is 16.0 Å². The van der Waals surface area contributed by atoms with Crippen LogP contribution in [0.5, 0.6) is 11.5 Å². The number of benzene rings is 1. The third-order valence-corrected chi connectivity index (χ3v) is 4.26. The summed E-state index contributed by atoms with van der Waals surface area (Å²) in [5.41, 5.74) is 0.900. The number of morpholine rings is 1. The Morgan fingerprint density at radius 1 is 1.39 bits per heavy atom. The highest BCUT2D eigenvalue weighted by Gasteiger charge is 2.14. The van der Waals surface area contributed by atoms with Crippen molar-refractivity contribution in [2.45, 2.75) is 12.8 Å². The molecule has 1 aliphatic rings. The average molecular weight is 388 g/mol. The fourth-order valence-electron chi connectivity index (χ4n) is 2.41. The molecule has 0 unspecified atom stereocenters. The number of carbonyl (C=O) groups is 1. The van der Waals surface area contributed by atoms with Gasteiger partial charge in [0.25, 0.3) is 0 Å². The molecule has 6 nitrogen and oxygen atoms in total. The van der Waals surface area contributed by atoms with E-state index in [9.17, 15) is 4.79 Å². The zero-order chi connectivity index (χ0) is 16.7. The van der Waals surface area contributed by atoms with Gasteiger partial charge in [-0.25, -0.2) is 0 Å². The van der Waals surface area contributed by atoms with Gasteiger partial charge in [-0.2, -0.15) is 0 Å². The van der Waals surface area contributed by atoms with Gasteiger partial charge in [-0.15, -0.1) is 0 Å². The maximum Gasteiger partial charge on any atom is 0.303 e. The lowest BCUT2D eigenvalue weighted by molar-refractivity contribution is -0.136. The molecule has 7 heteroatoms. The summed E-state index contributed by atoms with van der Waals surface area (Å²) >= 11 is 3.49. The SMILES string of the molecule is COc1cc(CCC(=O)O)cc(Br)c1OCCN1CCOCC1. The van der Waals surface area contributed by atoms with Crippen molar-refractivity contribution >= 4 is 21.9 Å². The maximum atomic E-state index is 10.7. The van der Waals surface area contributed by atoms with E-state index in [0.29, 0.717) is 24.5 Å². The number of rotatable bonds is 8. The number of hydrogen-bond acceptors (Lipinski definition) is 5. The maximum absolute atomic E-state index is 10.7. The Balaban J connectivity index is 1.95. The van der Waals surface area contributed by atoms with E-state index in [4.69, 9.17) is 19.3 Å². The van der Waals surface area contributed by atoms with Crippen LogP contribution in [0.3, 0.4) is 0 Å². The highest BCUT2D eigenvalue weighted by molar-refractivity contribution is 9.10. The van der Waals surface area contributed by atoms with Crippen LogP contribution >= 0.6 is 15.9 Å². The van der Waals surface area contributed by atoms with E-state index in [-0.39, 0.29) is 6.42 Å². The summed E-state index contributed by atoms with van der Waals surface area (Å²) in [5, 5.41) is 8.78. The van der Waals surface area contributed by atoms with E-state index in [0.717, 1.165) is 42.9 Å². The molecule has 0 radical (unpaired) electrons. The molecule has 1 aromatic carbocycles. The first-order valence-electron chi connectivity index (χ1n) is 7.61. The minimum atomic E-state index is -0.814. The summed E-state index contributed by atoms with van der Waals surface area (Å²) in [6.07, 6.45) is 0.547. The number of carboxylic acids is 1. The molecule has 0 spiro atoms. The smallest absolute Gasteiger partial charge is 0.303 e. The number of aryl methyl sites for hydroxylation is 1. The molecular formula is C16H22BrNO5. The number of carboxylic acid groups (broad SMARTS) is 1. The van der Waals surface area contributed by atoms with E-state index < -0.39 is 5.97 Å². The van der Waals surface area contributed by atoms with E-state index in [1.54, 1.807) is 7.11 Å². The average Bonchev–Trinajstić information content (AvgIpc) is 2.55. The first-order valence-corrected chi connectivity index (χ1v) is 8.40. The van der Waals surface area contributed by atoms with Crippen molar-refractivity contribution in [3.8, 4) is 11.5 Å². The van der Waals surface area contributed by atoms with Gasteiger partial charge in [0.2, 0.25) is 0 Å². The van der Waals surface area contributed by atoms with Crippen molar-refractivity contribution in [1.29, 1.82) is 0 Å². The highest BCUT2D eigenvalue weighted by atomic mass is 79.9. The topological polar surface area (TPSA) is 68.2 Å². The number of aliphatic carboxylic acids is 1. The summed E-state index contributed by atoms with van der Waals surface area (Å²) in [7, 11) is 1.58. The third-order valence-electron chi connectivity index (χ3n) is 3.67. The van der Waals surface area contributed by atoms with Crippen LogP contribution in [0.2, 0.25) is 0 Å². The molecule has 0 saturated carbocycles.